The SMILES string of the molecule is O=C(NCCCCC(F)(F)F)c1ccc2cn[nH]c2c1. The molecule has 7 heteroatoms. The third-order valence-electron chi connectivity index (χ3n) is 2.88. The Morgan fingerprint density at radius 2 is 2.10 bits per heavy atom. The van der Waals surface area contributed by atoms with Gasteiger partial charge in [-0.3, -0.25) is 9.89 Å². The first-order valence-corrected chi connectivity index (χ1v) is 6.24. The molecule has 2 aromatic rings. The molecule has 0 atom stereocenters. The molecule has 0 saturated heterocycles. The zero-order valence-corrected chi connectivity index (χ0v) is 10.6. The Morgan fingerprint density at radius 3 is 2.85 bits per heavy atom. The molecule has 1 heterocycles. The van der Waals surface area contributed by atoms with Gasteiger partial charge in [0.25, 0.3) is 5.91 Å². The van der Waals surface area contributed by atoms with E-state index in [0.29, 0.717) is 12.0 Å². The molecule has 2 N–H and O–H groups in total. The van der Waals surface area contributed by atoms with Crippen LogP contribution in [0.25, 0.3) is 10.9 Å². The number of benzene rings is 1. The maximum absolute atomic E-state index is 11.9. The predicted octanol–water partition coefficient (Wildman–Crippen LogP) is 3.03. The molecule has 2 rings (SSSR count). The van der Waals surface area contributed by atoms with E-state index >= 15 is 0 Å². The lowest BCUT2D eigenvalue weighted by atomic mass is 10.1. The zero-order valence-electron chi connectivity index (χ0n) is 10.6. The van der Waals surface area contributed by atoms with E-state index in [-0.39, 0.29) is 18.9 Å². The van der Waals surface area contributed by atoms with Gasteiger partial charge in [-0.2, -0.15) is 18.3 Å². The van der Waals surface area contributed by atoms with Crippen molar-refractivity contribution >= 4 is 16.8 Å². The van der Waals surface area contributed by atoms with Crippen LogP contribution in [-0.4, -0.2) is 28.8 Å². The summed E-state index contributed by atoms with van der Waals surface area (Å²) in [4.78, 5) is 11.8. The molecule has 0 spiro atoms. The summed E-state index contributed by atoms with van der Waals surface area (Å²) < 4.78 is 35.8. The van der Waals surface area contributed by atoms with Gasteiger partial charge in [0, 0.05) is 23.9 Å². The van der Waals surface area contributed by atoms with Crippen molar-refractivity contribution in [2.24, 2.45) is 0 Å². The van der Waals surface area contributed by atoms with Crippen LogP contribution in [0.3, 0.4) is 0 Å². The first kappa shape index (κ1) is 14.4. The summed E-state index contributed by atoms with van der Waals surface area (Å²) in [5.74, 6) is -0.298. The van der Waals surface area contributed by atoms with Crippen molar-refractivity contribution in [3.63, 3.8) is 0 Å². The molecule has 1 amide bonds. The van der Waals surface area contributed by atoms with E-state index in [1.807, 2.05) is 0 Å². The molecular weight excluding hydrogens is 271 g/mol. The van der Waals surface area contributed by atoms with E-state index in [1.165, 1.54) is 0 Å². The summed E-state index contributed by atoms with van der Waals surface area (Å²) >= 11 is 0. The van der Waals surface area contributed by atoms with Gasteiger partial charge in [0.15, 0.2) is 0 Å². The molecule has 0 aliphatic rings. The van der Waals surface area contributed by atoms with Gasteiger partial charge < -0.3 is 5.32 Å². The van der Waals surface area contributed by atoms with Crippen LogP contribution in [-0.2, 0) is 0 Å². The Morgan fingerprint density at radius 1 is 1.30 bits per heavy atom. The second-order valence-corrected chi connectivity index (χ2v) is 4.50. The molecule has 0 saturated carbocycles. The van der Waals surface area contributed by atoms with E-state index in [4.69, 9.17) is 0 Å². The number of aromatic nitrogens is 2. The Kier molecular flexibility index (Phi) is 4.26. The third kappa shape index (κ3) is 3.97. The number of hydrogen-bond acceptors (Lipinski definition) is 2. The minimum absolute atomic E-state index is 0.0172. The van der Waals surface area contributed by atoms with E-state index in [9.17, 15) is 18.0 Å². The molecule has 0 aliphatic carbocycles. The van der Waals surface area contributed by atoms with E-state index in [2.05, 4.69) is 15.5 Å². The Labute approximate surface area is 113 Å². The van der Waals surface area contributed by atoms with Gasteiger partial charge in [0.05, 0.1) is 11.7 Å². The maximum Gasteiger partial charge on any atom is 0.389 e. The van der Waals surface area contributed by atoms with Crippen LogP contribution in [0.4, 0.5) is 13.2 Å². The number of unbranched alkanes of at least 4 members (excludes halogenated alkanes) is 1. The third-order valence-corrected chi connectivity index (χ3v) is 2.88. The summed E-state index contributed by atoms with van der Waals surface area (Å²) in [6.07, 6.45) is -2.98. The summed E-state index contributed by atoms with van der Waals surface area (Å²) in [5.41, 5.74) is 1.20. The number of rotatable bonds is 5. The van der Waals surface area contributed by atoms with E-state index in [1.54, 1.807) is 24.4 Å². The molecule has 0 fully saturated rings. The number of aromatic amines is 1. The largest absolute Gasteiger partial charge is 0.389 e. The minimum Gasteiger partial charge on any atom is -0.352 e. The summed E-state index contributed by atoms with van der Waals surface area (Å²) in [7, 11) is 0. The van der Waals surface area contributed by atoms with Crippen molar-refractivity contribution in [1.82, 2.24) is 15.5 Å². The van der Waals surface area contributed by atoms with Crippen molar-refractivity contribution in [3.8, 4) is 0 Å². The fourth-order valence-electron chi connectivity index (χ4n) is 1.83. The number of amides is 1. The van der Waals surface area contributed by atoms with Gasteiger partial charge in [-0.25, -0.2) is 0 Å². The molecule has 1 aromatic carbocycles. The van der Waals surface area contributed by atoms with Gasteiger partial charge in [0.2, 0.25) is 0 Å². The van der Waals surface area contributed by atoms with Gasteiger partial charge >= 0.3 is 6.18 Å². The molecule has 1 aromatic heterocycles. The van der Waals surface area contributed by atoms with Gasteiger partial charge in [0.1, 0.15) is 0 Å². The number of nitrogens with zero attached hydrogens (tertiary/aromatic N) is 1. The lowest BCUT2D eigenvalue weighted by Gasteiger charge is -2.07. The van der Waals surface area contributed by atoms with Crippen molar-refractivity contribution in [2.75, 3.05) is 6.54 Å². The summed E-state index contributed by atoms with van der Waals surface area (Å²) in [6.45, 7) is 0.232. The molecule has 108 valence electrons. The van der Waals surface area contributed by atoms with Crippen LogP contribution in [0.15, 0.2) is 24.4 Å². The van der Waals surface area contributed by atoms with Crippen LogP contribution >= 0.6 is 0 Å². The average molecular weight is 285 g/mol. The second-order valence-electron chi connectivity index (χ2n) is 4.50. The van der Waals surface area contributed by atoms with Gasteiger partial charge in [-0.05, 0) is 25.0 Å². The van der Waals surface area contributed by atoms with Gasteiger partial charge in [-0.15, -0.1) is 0 Å². The topological polar surface area (TPSA) is 57.8 Å². The highest BCUT2D eigenvalue weighted by Crippen LogP contribution is 2.21. The van der Waals surface area contributed by atoms with Crippen LogP contribution < -0.4 is 5.32 Å². The van der Waals surface area contributed by atoms with E-state index in [0.717, 1.165) is 10.9 Å². The summed E-state index contributed by atoms with van der Waals surface area (Å²) in [6, 6.07) is 5.08. The molecular formula is C13H14F3N3O. The first-order valence-electron chi connectivity index (χ1n) is 6.24. The smallest absolute Gasteiger partial charge is 0.352 e. The standard InChI is InChI=1S/C13H14F3N3O/c14-13(15,16)5-1-2-6-17-12(20)9-3-4-10-8-18-19-11(10)7-9/h3-4,7-8H,1-2,5-6H2,(H,17,20)(H,18,19). The highest BCUT2D eigenvalue weighted by molar-refractivity contribution is 5.97. The van der Waals surface area contributed by atoms with Crippen LogP contribution in [0.1, 0.15) is 29.6 Å². The quantitative estimate of drug-likeness (QED) is 0.830. The molecule has 4 nitrogen and oxygen atoms in total. The van der Waals surface area contributed by atoms with Crippen LogP contribution in [0, 0.1) is 0 Å². The number of carbonyl (C=O) groups is 1. The fraction of sp³-hybridized carbons (Fsp3) is 0.385. The number of fused-ring (bicyclic) bond motifs is 1. The predicted molar refractivity (Wildman–Crippen MR) is 68.3 cm³/mol. The van der Waals surface area contributed by atoms with Crippen molar-refractivity contribution in [1.29, 1.82) is 0 Å². The number of hydrogen-bond donors (Lipinski definition) is 2. The first-order chi connectivity index (χ1) is 9.46. The minimum atomic E-state index is -4.13. The summed E-state index contributed by atoms with van der Waals surface area (Å²) in [5, 5.41) is 10.1. The number of carbonyl (C=O) groups excluding carboxylic acids is 1. The number of H-pyrrole nitrogens is 1. The molecule has 0 bridgehead atoms. The number of halogens is 3. The van der Waals surface area contributed by atoms with E-state index < -0.39 is 12.6 Å². The maximum atomic E-state index is 11.9. The zero-order chi connectivity index (χ0) is 14.6. The Bertz CT molecular complexity index is 592. The van der Waals surface area contributed by atoms with Crippen LogP contribution in [0.2, 0.25) is 0 Å². The Balaban J connectivity index is 1.80. The van der Waals surface area contributed by atoms with Crippen molar-refractivity contribution < 1.29 is 18.0 Å². The fourth-order valence-corrected chi connectivity index (χ4v) is 1.83. The normalized spacial score (nSPS) is 11.8. The second kappa shape index (κ2) is 5.94. The van der Waals surface area contributed by atoms with Gasteiger partial charge in [-0.1, -0.05) is 6.07 Å². The average Bonchev–Trinajstić information content (AvgIpc) is 2.83. The Hall–Kier alpha value is -2.05. The molecule has 0 unspecified atom stereocenters. The molecule has 0 radical (unpaired) electrons. The molecule has 0 aliphatic heterocycles. The highest BCUT2D eigenvalue weighted by atomic mass is 19.4. The van der Waals surface area contributed by atoms with Crippen molar-refractivity contribution in [2.45, 2.75) is 25.4 Å². The monoisotopic (exact) mass is 285 g/mol. The van der Waals surface area contributed by atoms with Crippen molar-refractivity contribution in [3.05, 3.63) is 30.0 Å². The highest BCUT2D eigenvalue weighted by Gasteiger charge is 2.25. The van der Waals surface area contributed by atoms with Crippen LogP contribution in [0.5, 0.6) is 0 Å². The lowest BCUT2D eigenvalue weighted by Crippen LogP contribution is -2.24. The molecule has 20 heavy (non-hydrogen) atoms. The number of nitrogens with one attached hydrogen (secondary N) is 2. The number of alkyl halides is 3. The lowest BCUT2D eigenvalue weighted by molar-refractivity contribution is -0.135.